The zero-order chi connectivity index (χ0) is 16.2. The molecule has 0 unspecified atom stereocenters. The minimum atomic E-state index is -4.16. The quantitative estimate of drug-likeness (QED) is 0.725. The fraction of sp³-hybridized carbons (Fsp3) is 0. The highest BCUT2D eigenvalue weighted by Crippen LogP contribution is 2.19. The molecule has 2 aromatic rings. The van der Waals surface area contributed by atoms with Gasteiger partial charge in [-0.15, -0.1) is 0 Å². The number of benzene rings is 1. The standard InChI is InChI=1S/C12H10ClN3O5S/c13-8-4-1-2-6-10(8)22(19,20)16-12(18)15-14-11(17)9-5-3-7-21-9/h1-7H,(H,14,17)(H2,15,16,18). The Morgan fingerprint density at radius 2 is 1.77 bits per heavy atom. The topological polar surface area (TPSA) is 118 Å². The van der Waals surface area contributed by atoms with Crippen LogP contribution < -0.4 is 15.6 Å². The van der Waals surface area contributed by atoms with E-state index in [1.54, 1.807) is 10.8 Å². The van der Waals surface area contributed by atoms with Gasteiger partial charge in [0.25, 0.3) is 10.0 Å². The van der Waals surface area contributed by atoms with Gasteiger partial charge in [-0.3, -0.25) is 10.2 Å². The van der Waals surface area contributed by atoms with E-state index in [9.17, 15) is 18.0 Å². The van der Waals surface area contributed by atoms with Crippen molar-refractivity contribution in [1.82, 2.24) is 15.6 Å². The number of nitrogens with one attached hydrogen (secondary N) is 3. The van der Waals surface area contributed by atoms with Gasteiger partial charge in [-0.25, -0.2) is 23.4 Å². The van der Waals surface area contributed by atoms with Crippen LogP contribution in [-0.2, 0) is 10.0 Å². The third-order valence-corrected chi connectivity index (χ3v) is 4.22. The van der Waals surface area contributed by atoms with Gasteiger partial charge in [-0.2, -0.15) is 0 Å². The molecule has 0 aliphatic rings. The van der Waals surface area contributed by atoms with Crippen LogP contribution in [0.2, 0.25) is 5.02 Å². The molecule has 22 heavy (non-hydrogen) atoms. The van der Waals surface area contributed by atoms with Gasteiger partial charge < -0.3 is 4.42 Å². The predicted molar refractivity (Wildman–Crippen MR) is 76.5 cm³/mol. The van der Waals surface area contributed by atoms with Crippen molar-refractivity contribution >= 4 is 33.6 Å². The Hall–Kier alpha value is -2.52. The zero-order valence-electron chi connectivity index (χ0n) is 10.9. The maximum atomic E-state index is 11.9. The van der Waals surface area contributed by atoms with Crippen LogP contribution in [-0.4, -0.2) is 20.4 Å². The van der Waals surface area contributed by atoms with Gasteiger partial charge in [-0.05, 0) is 24.3 Å². The van der Waals surface area contributed by atoms with Crippen LogP contribution in [0.4, 0.5) is 4.79 Å². The minimum Gasteiger partial charge on any atom is -0.459 e. The van der Waals surface area contributed by atoms with E-state index in [0.29, 0.717) is 0 Å². The van der Waals surface area contributed by atoms with Crippen LogP contribution in [0.3, 0.4) is 0 Å². The Balaban J connectivity index is 1.97. The van der Waals surface area contributed by atoms with Gasteiger partial charge in [0.1, 0.15) is 4.90 Å². The van der Waals surface area contributed by atoms with Gasteiger partial charge in [0.2, 0.25) is 0 Å². The van der Waals surface area contributed by atoms with Crippen LogP contribution in [0.15, 0.2) is 52.0 Å². The number of halogens is 1. The molecule has 0 fully saturated rings. The molecule has 3 N–H and O–H groups in total. The SMILES string of the molecule is O=C(NNC(=O)c1ccco1)NS(=O)(=O)c1ccccc1Cl. The summed E-state index contributed by atoms with van der Waals surface area (Å²) in [4.78, 5) is 22.7. The lowest BCUT2D eigenvalue weighted by atomic mass is 10.4. The van der Waals surface area contributed by atoms with Gasteiger partial charge in [0.15, 0.2) is 5.76 Å². The lowest BCUT2D eigenvalue weighted by molar-refractivity contribution is 0.0909. The molecule has 0 saturated heterocycles. The summed E-state index contributed by atoms with van der Waals surface area (Å²) in [7, 11) is -4.16. The van der Waals surface area contributed by atoms with E-state index in [1.165, 1.54) is 36.6 Å². The first kappa shape index (κ1) is 15.9. The van der Waals surface area contributed by atoms with E-state index in [0.717, 1.165) is 0 Å². The second-order valence-corrected chi connectivity index (χ2v) is 5.98. The lowest BCUT2D eigenvalue weighted by Gasteiger charge is -2.09. The van der Waals surface area contributed by atoms with E-state index in [1.807, 2.05) is 10.9 Å². The molecule has 0 aliphatic heterocycles. The van der Waals surface area contributed by atoms with Crippen LogP contribution in [0.25, 0.3) is 0 Å². The maximum absolute atomic E-state index is 11.9. The number of furan rings is 1. The summed E-state index contributed by atoms with van der Waals surface area (Å²) in [5.41, 5.74) is 3.87. The van der Waals surface area contributed by atoms with Crippen LogP contribution >= 0.6 is 11.6 Å². The van der Waals surface area contributed by atoms with Gasteiger partial charge in [-0.1, -0.05) is 23.7 Å². The van der Waals surface area contributed by atoms with Crippen LogP contribution in [0, 0.1) is 0 Å². The summed E-state index contributed by atoms with van der Waals surface area (Å²) in [6.07, 6.45) is 1.27. The summed E-state index contributed by atoms with van der Waals surface area (Å²) in [5.74, 6) is -0.787. The zero-order valence-corrected chi connectivity index (χ0v) is 12.4. The van der Waals surface area contributed by atoms with Crippen molar-refractivity contribution in [2.45, 2.75) is 4.90 Å². The van der Waals surface area contributed by atoms with Crippen molar-refractivity contribution in [3.05, 3.63) is 53.4 Å². The van der Waals surface area contributed by atoms with E-state index in [2.05, 4.69) is 0 Å². The smallest absolute Gasteiger partial charge is 0.347 e. The fourth-order valence-corrected chi connectivity index (χ4v) is 2.88. The average Bonchev–Trinajstić information content (AvgIpc) is 2.98. The van der Waals surface area contributed by atoms with Crippen molar-refractivity contribution in [3.63, 3.8) is 0 Å². The molecule has 3 amide bonds. The van der Waals surface area contributed by atoms with Crippen molar-refractivity contribution in [2.24, 2.45) is 0 Å². The molecule has 0 atom stereocenters. The summed E-state index contributed by atoms with van der Waals surface area (Å²) in [5, 5.41) is -0.0394. The Kier molecular flexibility index (Phi) is 4.68. The average molecular weight is 344 g/mol. The number of hydrogen-bond acceptors (Lipinski definition) is 5. The Bertz CT molecular complexity index is 789. The summed E-state index contributed by atoms with van der Waals surface area (Å²) in [6, 6.07) is 7.31. The highest BCUT2D eigenvalue weighted by atomic mass is 35.5. The highest BCUT2D eigenvalue weighted by molar-refractivity contribution is 7.90. The van der Waals surface area contributed by atoms with Gasteiger partial charge in [0, 0.05) is 0 Å². The molecule has 116 valence electrons. The molecule has 0 saturated carbocycles. The molecule has 1 aromatic heterocycles. The molecule has 10 heteroatoms. The second kappa shape index (κ2) is 6.50. The third kappa shape index (κ3) is 3.77. The number of amides is 3. The molecule has 0 spiro atoms. The number of sulfonamides is 1. The van der Waals surface area contributed by atoms with Crippen molar-refractivity contribution in [2.75, 3.05) is 0 Å². The molecule has 2 rings (SSSR count). The molecular weight excluding hydrogens is 334 g/mol. The van der Waals surface area contributed by atoms with E-state index in [4.69, 9.17) is 16.0 Å². The molecule has 0 aliphatic carbocycles. The third-order valence-electron chi connectivity index (χ3n) is 2.39. The lowest BCUT2D eigenvalue weighted by Crippen LogP contribution is -2.48. The Morgan fingerprint density at radius 1 is 1.05 bits per heavy atom. The largest absolute Gasteiger partial charge is 0.459 e. The molecular formula is C12H10ClN3O5S. The van der Waals surface area contributed by atoms with E-state index < -0.39 is 22.0 Å². The number of carbonyl (C=O) groups excluding carboxylic acids is 2. The first-order chi connectivity index (χ1) is 10.4. The number of urea groups is 1. The van der Waals surface area contributed by atoms with Crippen LogP contribution in [0.5, 0.6) is 0 Å². The molecule has 0 radical (unpaired) electrons. The van der Waals surface area contributed by atoms with E-state index >= 15 is 0 Å². The van der Waals surface area contributed by atoms with E-state index in [-0.39, 0.29) is 15.7 Å². The maximum Gasteiger partial charge on any atom is 0.347 e. The van der Waals surface area contributed by atoms with Gasteiger partial charge >= 0.3 is 11.9 Å². The normalized spacial score (nSPS) is 10.8. The monoisotopic (exact) mass is 343 g/mol. The van der Waals surface area contributed by atoms with Crippen molar-refractivity contribution in [1.29, 1.82) is 0 Å². The molecule has 0 bridgehead atoms. The Labute approximate surface area is 130 Å². The number of carbonyl (C=O) groups is 2. The molecule has 1 aromatic carbocycles. The molecule has 8 nitrogen and oxygen atoms in total. The highest BCUT2D eigenvalue weighted by Gasteiger charge is 2.20. The van der Waals surface area contributed by atoms with Gasteiger partial charge in [0.05, 0.1) is 11.3 Å². The Morgan fingerprint density at radius 3 is 2.41 bits per heavy atom. The van der Waals surface area contributed by atoms with Crippen molar-refractivity contribution in [3.8, 4) is 0 Å². The summed E-state index contributed by atoms with van der Waals surface area (Å²) < 4.78 is 30.4. The number of hydrogen-bond donors (Lipinski definition) is 3. The number of hydrazine groups is 1. The molecule has 1 heterocycles. The van der Waals surface area contributed by atoms with Crippen molar-refractivity contribution < 1.29 is 22.4 Å². The second-order valence-electron chi connectivity index (χ2n) is 3.92. The summed E-state index contributed by atoms with van der Waals surface area (Å²) >= 11 is 5.75. The fourth-order valence-electron chi connectivity index (χ4n) is 1.45. The minimum absolute atomic E-state index is 0.0394. The first-order valence-corrected chi connectivity index (χ1v) is 7.67. The predicted octanol–water partition coefficient (Wildman–Crippen LogP) is 1.27. The van der Waals surface area contributed by atoms with Crippen LogP contribution in [0.1, 0.15) is 10.6 Å². The number of rotatable bonds is 3. The summed E-state index contributed by atoms with van der Waals surface area (Å²) in [6.45, 7) is 0. The first-order valence-electron chi connectivity index (χ1n) is 5.81.